The van der Waals surface area contributed by atoms with Gasteiger partial charge >= 0.3 is 0 Å². The van der Waals surface area contributed by atoms with Crippen molar-refractivity contribution in [3.05, 3.63) is 108 Å². The van der Waals surface area contributed by atoms with Gasteiger partial charge in [-0.15, -0.1) is 19.3 Å². The van der Waals surface area contributed by atoms with Crippen LogP contribution in [0.1, 0.15) is 16.7 Å². The van der Waals surface area contributed by atoms with E-state index in [1.54, 1.807) is 0 Å². The normalized spacial score (nSPS) is 9.90. The molecule has 0 spiro atoms. The molecular weight excluding hydrogens is 360 g/mol. The summed E-state index contributed by atoms with van der Waals surface area (Å²) in [7, 11) is 0. The SMILES string of the molecule is C#Cc1ccc(-c2cccc(-c3ccc(C#C)cc3)c2-c2ccc(C#C)cc2)cc1. The van der Waals surface area contributed by atoms with Gasteiger partial charge in [-0.25, -0.2) is 0 Å². The molecule has 0 heteroatoms. The van der Waals surface area contributed by atoms with Gasteiger partial charge in [0.05, 0.1) is 0 Å². The van der Waals surface area contributed by atoms with Gasteiger partial charge in [-0.1, -0.05) is 72.4 Å². The molecule has 0 atom stereocenters. The molecule has 4 rings (SSSR count). The largest absolute Gasteiger partial charge is 0.115 e. The minimum absolute atomic E-state index is 0.856. The maximum Gasteiger partial charge on any atom is 0.0243 e. The molecule has 0 aliphatic heterocycles. The van der Waals surface area contributed by atoms with E-state index in [0.29, 0.717) is 0 Å². The Bertz CT molecular complexity index is 1240. The van der Waals surface area contributed by atoms with Gasteiger partial charge in [0.2, 0.25) is 0 Å². The Hall–Kier alpha value is -4.44. The Kier molecular flexibility index (Phi) is 5.22. The molecule has 0 saturated heterocycles. The van der Waals surface area contributed by atoms with Crippen molar-refractivity contribution in [3.8, 4) is 70.4 Å². The van der Waals surface area contributed by atoms with E-state index in [1.165, 1.54) is 0 Å². The molecule has 0 saturated carbocycles. The lowest BCUT2D eigenvalue weighted by Crippen LogP contribution is -1.91. The molecule has 0 heterocycles. The lowest BCUT2D eigenvalue weighted by molar-refractivity contribution is 1.54. The van der Waals surface area contributed by atoms with Crippen molar-refractivity contribution >= 4 is 0 Å². The monoisotopic (exact) mass is 378 g/mol. The lowest BCUT2D eigenvalue weighted by atomic mass is 9.87. The number of hydrogen-bond acceptors (Lipinski definition) is 0. The van der Waals surface area contributed by atoms with Crippen molar-refractivity contribution in [2.75, 3.05) is 0 Å². The van der Waals surface area contributed by atoms with E-state index >= 15 is 0 Å². The summed E-state index contributed by atoms with van der Waals surface area (Å²) in [6, 6.07) is 30.6. The summed E-state index contributed by atoms with van der Waals surface area (Å²) in [5.41, 5.74) is 9.29. The predicted octanol–water partition coefficient (Wildman–Crippen LogP) is 6.63. The molecule has 4 aromatic rings. The van der Waals surface area contributed by atoms with E-state index in [0.717, 1.165) is 50.1 Å². The maximum atomic E-state index is 5.55. The van der Waals surface area contributed by atoms with E-state index in [-0.39, 0.29) is 0 Å². The van der Waals surface area contributed by atoms with Crippen molar-refractivity contribution in [3.63, 3.8) is 0 Å². The molecule has 0 radical (unpaired) electrons. The third-order valence-electron chi connectivity index (χ3n) is 5.13. The molecule has 0 amide bonds. The average molecular weight is 378 g/mol. The van der Waals surface area contributed by atoms with Crippen molar-refractivity contribution < 1.29 is 0 Å². The van der Waals surface area contributed by atoms with Crippen molar-refractivity contribution in [2.24, 2.45) is 0 Å². The number of benzene rings is 4. The lowest BCUT2D eigenvalue weighted by Gasteiger charge is -2.16. The number of terminal acetylenes is 3. The molecule has 0 aliphatic carbocycles. The van der Waals surface area contributed by atoms with Gasteiger partial charge in [0, 0.05) is 16.7 Å². The van der Waals surface area contributed by atoms with Gasteiger partial charge < -0.3 is 0 Å². The van der Waals surface area contributed by atoms with E-state index in [9.17, 15) is 0 Å². The van der Waals surface area contributed by atoms with Gasteiger partial charge in [0.25, 0.3) is 0 Å². The first kappa shape index (κ1) is 18.9. The molecule has 0 aliphatic rings. The third-order valence-corrected chi connectivity index (χ3v) is 5.13. The fourth-order valence-electron chi connectivity index (χ4n) is 3.57. The maximum absolute atomic E-state index is 5.55. The Morgan fingerprint density at radius 3 is 1.07 bits per heavy atom. The van der Waals surface area contributed by atoms with Crippen LogP contribution in [-0.4, -0.2) is 0 Å². The fraction of sp³-hybridized carbons (Fsp3) is 0. The Morgan fingerprint density at radius 1 is 0.400 bits per heavy atom. The van der Waals surface area contributed by atoms with Crippen LogP contribution in [0, 0.1) is 37.0 Å². The molecule has 0 aromatic heterocycles. The summed E-state index contributed by atoms with van der Waals surface area (Å²) in [5, 5.41) is 0. The van der Waals surface area contributed by atoms with Crippen LogP contribution in [0.5, 0.6) is 0 Å². The second kappa shape index (κ2) is 8.29. The first-order valence-corrected chi connectivity index (χ1v) is 9.57. The van der Waals surface area contributed by atoms with Crippen LogP contribution in [-0.2, 0) is 0 Å². The molecule has 0 bridgehead atoms. The summed E-state index contributed by atoms with van der Waals surface area (Å²) in [6.07, 6.45) is 16.6. The van der Waals surface area contributed by atoms with Crippen molar-refractivity contribution in [1.29, 1.82) is 0 Å². The summed E-state index contributed by atoms with van der Waals surface area (Å²) < 4.78 is 0. The molecular formula is C30H18. The summed E-state index contributed by atoms with van der Waals surface area (Å²) >= 11 is 0. The van der Waals surface area contributed by atoms with Crippen LogP contribution in [0.4, 0.5) is 0 Å². The van der Waals surface area contributed by atoms with Crippen LogP contribution >= 0.6 is 0 Å². The zero-order valence-electron chi connectivity index (χ0n) is 16.4. The standard InChI is InChI=1S/C30H18/c1-4-22-10-16-25(17-11-22)28-8-7-9-29(26-18-12-23(5-2)13-19-26)30(28)27-20-14-24(6-3)15-21-27/h1-3,7-21H. The number of rotatable bonds is 3. The van der Waals surface area contributed by atoms with Crippen LogP contribution in [0.3, 0.4) is 0 Å². The van der Waals surface area contributed by atoms with Gasteiger partial charge in [0.1, 0.15) is 0 Å². The van der Waals surface area contributed by atoms with Gasteiger partial charge in [0.15, 0.2) is 0 Å². The summed E-state index contributed by atoms with van der Waals surface area (Å²) in [6.45, 7) is 0. The van der Waals surface area contributed by atoms with Gasteiger partial charge in [-0.2, -0.15) is 0 Å². The molecule has 4 aromatic carbocycles. The second-order valence-corrected chi connectivity index (χ2v) is 6.89. The third kappa shape index (κ3) is 3.62. The highest BCUT2D eigenvalue weighted by atomic mass is 14.2. The fourth-order valence-corrected chi connectivity index (χ4v) is 3.57. The molecule has 30 heavy (non-hydrogen) atoms. The highest BCUT2D eigenvalue weighted by Crippen LogP contribution is 2.40. The van der Waals surface area contributed by atoms with Crippen LogP contribution in [0.15, 0.2) is 91.0 Å². The van der Waals surface area contributed by atoms with E-state index in [4.69, 9.17) is 19.3 Å². The first-order chi connectivity index (χ1) is 14.7. The number of hydrogen-bond donors (Lipinski definition) is 0. The smallest absolute Gasteiger partial charge is 0.0243 e. The van der Waals surface area contributed by atoms with Gasteiger partial charge in [-0.05, 0) is 69.8 Å². The topological polar surface area (TPSA) is 0 Å². The zero-order valence-corrected chi connectivity index (χ0v) is 16.4. The van der Waals surface area contributed by atoms with Gasteiger partial charge in [-0.3, -0.25) is 0 Å². The minimum atomic E-state index is 0.856. The van der Waals surface area contributed by atoms with Crippen LogP contribution < -0.4 is 0 Å². The second-order valence-electron chi connectivity index (χ2n) is 6.89. The molecule has 0 unspecified atom stereocenters. The quantitative estimate of drug-likeness (QED) is 0.351. The van der Waals surface area contributed by atoms with Crippen LogP contribution in [0.25, 0.3) is 33.4 Å². The molecule has 138 valence electrons. The highest BCUT2D eigenvalue weighted by molar-refractivity contribution is 5.94. The van der Waals surface area contributed by atoms with E-state index in [1.807, 2.05) is 36.4 Å². The zero-order chi connectivity index (χ0) is 20.9. The molecule has 0 nitrogen and oxygen atoms in total. The van der Waals surface area contributed by atoms with Crippen molar-refractivity contribution in [1.82, 2.24) is 0 Å². The molecule has 0 fully saturated rings. The minimum Gasteiger partial charge on any atom is -0.115 e. The average Bonchev–Trinajstić information content (AvgIpc) is 2.84. The Labute approximate surface area is 178 Å². The van der Waals surface area contributed by atoms with Crippen LogP contribution in [0.2, 0.25) is 0 Å². The Morgan fingerprint density at radius 2 is 0.733 bits per heavy atom. The molecule has 0 N–H and O–H groups in total. The Balaban J connectivity index is 1.96. The van der Waals surface area contributed by atoms with E-state index in [2.05, 4.69) is 72.4 Å². The highest BCUT2D eigenvalue weighted by Gasteiger charge is 2.14. The summed E-state index contributed by atoms with van der Waals surface area (Å²) in [5.74, 6) is 8.04. The van der Waals surface area contributed by atoms with E-state index < -0.39 is 0 Å². The van der Waals surface area contributed by atoms with Crippen molar-refractivity contribution in [2.45, 2.75) is 0 Å². The first-order valence-electron chi connectivity index (χ1n) is 9.57. The summed E-state index contributed by atoms with van der Waals surface area (Å²) in [4.78, 5) is 0. The predicted molar refractivity (Wildman–Crippen MR) is 127 cm³/mol.